The van der Waals surface area contributed by atoms with Crippen LogP contribution in [0, 0.1) is 0 Å². The molecule has 0 unspecified atom stereocenters. The molecule has 2 heterocycles. The Kier molecular flexibility index (Phi) is 3.91. The highest BCUT2D eigenvalue weighted by atomic mass is 35.5. The molecule has 1 aromatic heterocycles. The number of benzene rings is 2. The Morgan fingerprint density at radius 3 is 2.56 bits per heavy atom. The molecule has 124 valence electrons. The maximum absolute atomic E-state index is 10.4. The third-order valence-electron chi connectivity index (χ3n) is 3.86. The van der Waals surface area contributed by atoms with E-state index in [1.54, 1.807) is 28.2 Å². The number of hydrogen-bond acceptors (Lipinski definition) is 4. The van der Waals surface area contributed by atoms with Crippen molar-refractivity contribution in [2.24, 2.45) is 0 Å². The van der Waals surface area contributed by atoms with Crippen LogP contribution in [0.5, 0.6) is 0 Å². The molecule has 1 aliphatic heterocycles. The van der Waals surface area contributed by atoms with Crippen LogP contribution in [0.3, 0.4) is 0 Å². The predicted octanol–water partition coefficient (Wildman–Crippen LogP) is 4.29. The summed E-state index contributed by atoms with van der Waals surface area (Å²) in [5, 5.41) is 17.2. The highest BCUT2D eigenvalue weighted by Gasteiger charge is 2.19. The molecule has 2 aromatic carbocycles. The minimum atomic E-state index is 0.135. The topological polar surface area (TPSA) is 53.3 Å². The number of aliphatic hydroxyl groups excluding tert-OH is 1. The van der Waals surface area contributed by atoms with Crippen LogP contribution in [0.15, 0.2) is 84.9 Å². The Balaban J connectivity index is 1.71. The first-order chi connectivity index (χ1) is 12.2. The normalized spacial score (nSPS) is 13.9. The summed E-state index contributed by atoms with van der Waals surface area (Å²) in [4.78, 5) is 0. The fourth-order valence-electron chi connectivity index (χ4n) is 2.68. The molecule has 0 aliphatic carbocycles. The number of rotatable bonds is 3. The van der Waals surface area contributed by atoms with Crippen molar-refractivity contribution in [2.75, 3.05) is 5.01 Å². The van der Waals surface area contributed by atoms with Gasteiger partial charge in [-0.15, -0.1) is 0 Å². The van der Waals surface area contributed by atoms with Crippen molar-refractivity contribution in [3.63, 3.8) is 0 Å². The van der Waals surface area contributed by atoms with Gasteiger partial charge < -0.3 is 5.11 Å². The monoisotopic (exact) mass is 350 g/mol. The number of nitrogens with one attached hydrogen (secondary N) is 1. The molecule has 2 N–H and O–H groups in total. The van der Waals surface area contributed by atoms with E-state index >= 15 is 0 Å². The first-order valence-electron chi connectivity index (χ1n) is 7.75. The van der Waals surface area contributed by atoms with E-state index in [9.17, 15) is 5.11 Å². The summed E-state index contributed by atoms with van der Waals surface area (Å²) in [5.74, 6) is 0.135. The van der Waals surface area contributed by atoms with Crippen molar-refractivity contribution in [2.45, 2.75) is 0 Å². The van der Waals surface area contributed by atoms with Gasteiger partial charge in [0, 0.05) is 17.3 Å². The van der Waals surface area contributed by atoms with Gasteiger partial charge in [-0.1, -0.05) is 35.9 Å². The van der Waals surface area contributed by atoms with E-state index in [1.807, 2.05) is 60.7 Å². The highest BCUT2D eigenvalue weighted by molar-refractivity contribution is 6.30. The van der Waals surface area contributed by atoms with E-state index < -0.39 is 0 Å². The number of aliphatic hydroxyl groups is 1. The Morgan fingerprint density at radius 1 is 0.960 bits per heavy atom. The first kappa shape index (κ1) is 15.4. The van der Waals surface area contributed by atoms with Crippen LogP contribution >= 0.6 is 11.6 Å². The van der Waals surface area contributed by atoms with Crippen LogP contribution in [-0.4, -0.2) is 14.9 Å². The number of nitrogens with zero attached hydrogens (tertiary/aromatic N) is 3. The Labute approximate surface area is 150 Å². The molecule has 4 rings (SSSR count). The minimum absolute atomic E-state index is 0.135. The quantitative estimate of drug-likeness (QED) is 0.739. The highest BCUT2D eigenvalue weighted by Crippen LogP contribution is 2.26. The molecule has 5 nitrogen and oxygen atoms in total. The van der Waals surface area contributed by atoms with Crippen molar-refractivity contribution in [1.29, 1.82) is 0 Å². The van der Waals surface area contributed by atoms with Crippen LogP contribution < -0.4 is 10.4 Å². The molecule has 0 bridgehead atoms. The van der Waals surface area contributed by atoms with Gasteiger partial charge in [0.05, 0.1) is 23.3 Å². The van der Waals surface area contributed by atoms with Gasteiger partial charge in [-0.2, -0.15) is 5.10 Å². The summed E-state index contributed by atoms with van der Waals surface area (Å²) in [6.45, 7) is 0. The molecule has 0 spiro atoms. The molecule has 25 heavy (non-hydrogen) atoms. The lowest BCUT2D eigenvalue weighted by atomic mass is 10.2. The molecule has 1 aliphatic rings. The second-order valence-corrected chi connectivity index (χ2v) is 5.94. The average molecular weight is 351 g/mol. The lowest BCUT2D eigenvalue weighted by Crippen LogP contribution is -2.35. The van der Waals surface area contributed by atoms with E-state index in [-0.39, 0.29) is 5.76 Å². The molecule has 0 atom stereocenters. The summed E-state index contributed by atoms with van der Waals surface area (Å²) in [7, 11) is 0. The molecule has 6 heteroatoms. The van der Waals surface area contributed by atoms with Crippen molar-refractivity contribution in [1.82, 2.24) is 15.2 Å². The number of hydrogen-bond donors (Lipinski definition) is 2. The second-order valence-electron chi connectivity index (χ2n) is 5.50. The number of anilines is 1. The minimum Gasteiger partial charge on any atom is -0.506 e. The summed E-state index contributed by atoms with van der Waals surface area (Å²) in [6, 6.07) is 19.1. The number of allylic oxidation sites excluding steroid dienone is 1. The van der Waals surface area contributed by atoms with Crippen LogP contribution in [0.2, 0.25) is 5.02 Å². The second kappa shape index (κ2) is 6.37. The van der Waals surface area contributed by atoms with E-state index in [0.717, 1.165) is 17.1 Å². The summed E-state index contributed by atoms with van der Waals surface area (Å²) in [6.07, 6.45) is 5.08. The van der Waals surface area contributed by atoms with Gasteiger partial charge in [0.2, 0.25) is 0 Å². The Morgan fingerprint density at radius 2 is 1.76 bits per heavy atom. The van der Waals surface area contributed by atoms with E-state index in [0.29, 0.717) is 10.7 Å². The fourth-order valence-corrected chi connectivity index (χ4v) is 2.86. The number of aromatic nitrogens is 2. The summed E-state index contributed by atoms with van der Waals surface area (Å²) < 4.78 is 1.77. The Hall–Kier alpha value is -3.18. The maximum Gasteiger partial charge on any atom is 0.144 e. The van der Waals surface area contributed by atoms with Gasteiger partial charge in [-0.05, 0) is 36.4 Å². The lowest BCUT2D eigenvalue weighted by Gasteiger charge is -2.28. The van der Waals surface area contributed by atoms with Crippen molar-refractivity contribution < 1.29 is 5.11 Å². The molecule has 0 saturated heterocycles. The molecular formula is C19H15ClN4O. The zero-order valence-corrected chi connectivity index (χ0v) is 13.9. The Bertz CT molecular complexity index is 962. The number of para-hydroxylation sites is 1. The van der Waals surface area contributed by atoms with Gasteiger partial charge in [0.25, 0.3) is 0 Å². The number of hydrazine groups is 1. The van der Waals surface area contributed by atoms with Crippen molar-refractivity contribution in [3.05, 3.63) is 95.6 Å². The fraction of sp³-hybridized carbons (Fsp3) is 0. The van der Waals surface area contributed by atoms with Gasteiger partial charge in [0.15, 0.2) is 0 Å². The van der Waals surface area contributed by atoms with E-state index in [1.165, 1.54) is 0 Å². The largest absolute Gasteiger partial charge is 0.506 e. The first-order valence-corrected chi connectivity index (χ1v) is 8.13. The summed E-state index contributed by atoms with van der Waals surface area (Å²) >= 11 is 6.08. The zero-order valence-electron chi connectivity index (χ0n) is 13.2. The zero-order chi connectivity index (χ0) is 17.2. The molecule has 3 aromatic rings. The molecule has 0 fully saturated rings. The van der Waals surface area contributed by atoms with Gasteiger partial charge >= 0.3 is 0 Å². The van der Waals surface area contributed by atoms with Crippen molar-refractivity contribution >= 4 is 23.0 Å². The van der Waals surface area contributed by atoms with Crippen molar-refractivity contribution in [3.8, 4) is 5.69 Å². The molecular weight excluding hydrogens is 336 g/mol. The average Bonchev–Trinajstić information content (AvgIpc) is 3.12. The summed E-state index contributed by atoms with van der Waals surface area (Å²) in [5.41, 5.74) is 6.30. The van der Waals surface area contributed by atoms with Crippen LogP contribution in [-0.2, 0) is 0 Å². The van der Waals surface area contributed by atoms with Crippen LogP contribution in [0.1, 0.15) is 5.69 Å². The standard InChI is InChI=1S/C19H15ClN4O/c20-14-5-4-8-16(13-14)23-12-10-18(25)19(22-23)17-9-11-21-24(17)15-6-2-1-3-7-15/h1-13,22,25H. The SMILES string of the molecule is OC1=C(c2ccnn2-c2ccccc2)NN(c2cccc(Cl)c2)C=C1. The number of halogens is 1. The van der Waals surface area contributed by atoms with Crippen LogP contribution in [0.4, 0.5) is 5.69 Å². The third-order valence-corrected chi connectivity index (χ3v) is 4.09. The predicted molar refractivity (Wildman–Crippen MR) is 99.3 cm³/mol. The van der Waals surface area contributed by atoms with E-state index in [4.69, 9.17) is 11.6 Å². The maximum atomic E-state index is 10.4. The van der Waals surface area contributed by atoms with Gasteiger partial charge in [0.1, 0.15) is 11.5 Å². The van der Waals surface area contributed by atoms with Gasteiger partial charge in [-0.25, -0.2) is 4.68 Å². The third kappa shape index (κ3) is 2.97. The molecule has 0 radical (unpaired) electrons. The van der Waals surface area contributed by atoms with Gasteiger partial charge in [-0.3, -0.25) is 10.4 Å². The van der Waals surface area contributed by atoms with Crippen LogP contribution in [0.25, 0.3) is 11.4 Å². The lowest BCUT2D eigenvalue weighted by molar-refractivity contribution is 0.428. The van der Waals surface area contributed by atoms with E-state index in [2.05, 4.69) is 10.5 Å². The smallest absolute Gasteiger partial charge is 0.144 e. The molecule has 0 amide bonds. The molecule has 0 saturated carbocycles.